The number of carbonyl (C=O) groups is 2. The average Bonchev–Trinajstić information content (AvgIpc) is 4.19. The summed E-state index contributed by atoms with van der Waals surface area (Å²) in [6, 6.07) is 32.6. The van der Waals surface area contributed by atoms with E-state index in [4.69, 9.17) is 43.4 Å². The zero-order valence-electron chi connectivity index (χ0n) is 37.4. The van der Waals surface area contributed by atoms with Crippen LogP contribution in [0.1, 0.15) is 26.3 Å². The first kappa shape index (κ1) is 47.5. The van der Waals surface area contributed by atoms with Gasteiger partial charge < -0.3 is 39.4 Å². The highest BCUT2D eigenvalue weighted by Crippen LogP contribution is 2.29. The number of aromatic amines is 2. The standard InChI is InChI=1S/C26H22ClN5O2.C20H17ClN4O3.C5H6N2/c1-34-13-12-32-23-7-4-19(24(33)14-17-8-10-28-11-9-17)15-21(23)31-26(32)22-16-29-25(30-22)18-2-5-20(27)6-3-18;1-28-9-8-25-17-7-4-13(20(26)27)10-15(17)24-19(25)16-11-22-18(23-16)12-2-5-14(21)6-3-12;6-5-1-3-7-4-2-5/h2-11,15-16H,12-14H2,1H3,(H,29,30);2-7,10-11H,8-9H2,1H3,(H,22,23)(H,26,27);1-4H,(H2,6,7). The van der Waals surface area contributed by atoms with Crippen molar-refractivity contribution in [3.63, 3.8) is 0 Å². The van der Waals surface area contributed by atoms with Gasteiger partial charge in [0.25, 0.3) is 0 Å². The maximum atomic E-state index is 12.9. The highest BCUT2D eigenvalue weighted by Gasteiger charge is 2.19. The second-order valence-corrected chi connectivity index (χ2v) is 16.3. The Morgan fingerprint density at radius 2 is 1.07 bits per heavy atom. The second kappa shape index (κ2) is 22.2. The van der Waals surface area contributed by atoms with Crippen LogP contribution >= 0.6 is 23.2 Å². The highest BCUT2D eigenvalue weighted by molar-refractivity contribution is 6.31. The van der Waals surface area contributed by atoms with Crippen LogP contribution in [0.4, 0.5) is 5.69 Å². The molecule has 4 aromatic carbocycles. The molecule has 0 aliphatic heterocycles. The lowest BCUT2D eigenvalue weighted by Gasteiger charge is -2.08. The number of nitrogen functional groups attached to an aromatic ring is 1. The second-order valence-electron chi connectivity index (χ2n) is 15.4. The zero-order chi connectivity index (χ0) is 48.3. The third kappa shape index (κ3) is 11.6. The van der Waals surface area contributed by atoms with Crippen LogP contribution in [0.2, 0.25) is 10.0 Å². The minimum Gasteiger partial charge on any atom is -0.478 e. The van der Waals surface area contributed by atoms with Crippen molar-refractivity contribution in [3.05, 3.63) is 173 Å². The molecule has 0 unspecified atom stereocenters. The molecule has 0 fully saturated rings. The van der Waals surface area contributed by atoms with E-state index in [2.05, 4.69) is 39.5 Å². The number of carbonyl (C=O) groups excluding carboxylic acids is 1. The SMILES string of the molecule is COCCn1c(-c2cnc(-c3ccc(Cl)cc3)[nH]2)nc2cc(C(=O)Cc3ccncc3)ccc21.COCCn1c(-c2cnc(-c3ccc(Cl)cc3)[nH]2)nc2cc(C(=O)O)ccc21.Nc1ccncc1. The fourth-order valence-electron chi connectivity index (χ4n) is 7.33. The average molecular weight is 963 g/mol. The van der Waals surface area contributed by atoms with Gasteiger partial charge in [-0.15, -0.1) is 0 Å². The molecule has 0 radical (unpaired) electrons. The molecule has 0 spiro atoms. The van der Waals surface area contributed by atoms with Crippen molar-refractivity contribution in [1.29, 1.82) is 0 Å². The van der Waals surface area contributed by atoms with Crippen LogP contribution in [0.5, 0.6) is 0 Å². The van der Waals surface area contributed by atoms with Crippen molar-refractivity contribution in [2.45, 2.75) is 19.5 Å². The number of H-pyrrole nitrogens is 2. The fraction of sp³-hybridized carbons (Fsp3) is 0.137. The van der Waals surface area contributed by atoms with E-state index in [0.29, 0.717) is 65.5 Å². The van der Waals surface area contributed by atoms with Gasteiger partial charge in [-0.1, -0.05) is 23.2 Å². The third-order valence-electron chi connectivity index (χ3n) is 10.8. The maximum absolute atomic E-state index is 12.9. The molecule has 6 heterocycles. The molecule has 348 valence electrons. The maximum Gasteiger partial charge on any atom is 0.335 e. The lowest BCUT2D eigenvalue weighted by Crippen LogP contribution is -2.06. The Morgan fingerprint density at radius 1 is 0.623 bits per heavy atom. The molecule has 0 aliphatic carbocycles. The molecule has 0 aliphatic rings. The highest BCUT2D eigenvalue weighted by atomic mass is 35.5. The number of carboxylic acids is 1. The number of halogens is 2. The number of aromatic carboxylic acids is 1. The van der Waals surface area contributed by atoms with Crippen molar-refractivity contribution in [1.82, 2.24) is 49.0 Å². The van der Waals surface area contributed by atoms with Gasteiger partial charge in [-0.2, -0.15) is 0 Å². The van der Waals surface area contributed by atoms with E-state index >= 15 is 0 Å². The summed E-state index contributed by atoms with van der Waals surface area (Å²) in [5, 5.41) is 10.6. The van der Waals surface area contributed by atoms with Crippen LogP contribution in [-0.2, 0) is 29.0 Å². The summed E-state index contributed by atoms with van der Waals surface area (Å²) in [6.07, 6.45) is 10.5. The smallest absolute Gasteiger partial charge is 0.335 e. The molecule has 0 saturated heterocycles. The monoisotopic (exact) mass is 961 g/mol. The number of nitrogens with two attached hydrogens (primary N) is 1. The molecule has 10 rings (SSSR count). The molecule has 0 saturated carbocycles. The predicted octanol–water partition coefficient (Wildman–Crippen LogP) is 9.97. The number of ether oxygens (including phenoxy) is 2. The van der Waals surface area contributed by atoms with Gasteiger partial charge in [-0.25, -0.2) is 24.7 Å². The van der Waals surface area contributed by atoms with Crippen LogP contribution in [0.15, 0.2) is 146 Å². The zero-order valence-corrected chi connectivity index (χ0v) is 38.9. The Labute approximate surface area is 405 Å². The largest absolute Gasteiger partial charge is 0.478 e. The molecule has 10 aromatic rings. The number of carboxylic acid groups (broad SMARTS) is 1. The van der Waals surface area contributed by atoms with Crippen LogP contribution in [0, 0.1) is 0 Å². The summed E-state index contributed by atoms with van der Waals surface area (Å²) in [5.74, 6) is 1.88. The molecule has 0 amide bonds. The molecule has 5 N–H and O–H groups in total. The molecule has 0 atom stereocenters. The topological polar surface area (TPSA) is 218 Å². The molecule has 6 aromatic heterocycles. The van der Waals surface area contributed by atoms with E-state index in [-0.39, 0.29) is 11.3 Å². The van der Waals surface area contributed by atoms with Crippen molar-refractivity contribution >= 4 is 62.7 Å². The normalized spacial score (nSPS) is 11.0. The summed E-state index contributed by atoms with van der Waals surface area (Å²) >= 11 is 12.0. The van der Waals surface area contributed by atoms with Gasteiger partial charge in [-0.05, 0) is 115 Å². The third-order valence-corrected chi connectivity index (χ3v) is 11.3. The summed E-state index contributed by atoms with van der Waals surface area (Å²) in [5.41, 5.74) is 14.3. The van der Waals surface area contributed by atoms with Gasteiger partial charge in [0.15, 0.2) is 17.4 Å². The van der Waals surface area contributed by atoms with E-state index in [1.165, 1.54) is 0 Å². The number of nitrogens with one attached hydrogen (secondary N) is 2. The Bertz CT molecular complexity index is 3320. The number of aromatic nitrogens is 10. The first-order valence-electron chi connectivity index (χ1n) is 21.5. The molecule has 69 heavy (non-hydrogen) atoms. The number of imidazole rings is 4. The van der Waals surface area contributed by atoms with Gasteiger partial charge in [0.1, 0.15) is 23.0 Å². The van der Waals surface area contributed by atoms with E-state index in [0.717, 1.165) is 62.0 Å². The first-order chi connectivity index (χ1) is 33.6. The first-order valence-corrected chi connectivity index (χ1v) is 22.3. The lowest BCUT2D eigenvalue weighted by molar-refractivity contribution is 0.0696. The number of pyridine rings is 2. The van der Waals surface area contributed by atoms with Gasteiger partial charge >= 0.3 is 5.97 Å². The Morgan fingerprint density at radius 3 is 1.51 bits per heavy atom. The van der Waals surface area contributed by atoms with Crippen molar-refractivity contribution in [2.24, 2.45) is 0 Å². The number of rotatable bonds is 14. The van der Waals surface area contributed by atoms with Crippen molar-refractivity contribution in [2.75, 3.05) is 33.2 Å². The number of hydrogen-bond donors (Lipinski definition) is 4. The van der Waals surface area contributed by atoms with Gasteiger partial charge in [0.2, 0.25) is 0 Å². The fourth-order valence-corrected chi connectivity index (χ4v) is 7.58. The van der Waals surface area contributed by atoms with E-state index in [1.807, 2.05) is 71.3 Å². The number of ketones is 1. The summed E-state index contributed by atoms with van der Waals surface area (Å²) in [4.78, 5) is 57.1. The number of benzene rings is 4. The van der Waals surface area contributed by atoms with Crippen molar-refractivity contribution < 1.29 is 24.2 Å². The summed E-state index contributed by atoms with van der Waals surface area (Å²) in [7, 11) is 3.31. The molecular weight excluding hydrogens is 918 g/mol. The minimum atomic E-state index is -0.985. The Balaban J connectivity index is 0.000000165. The van der Waals surface area contributed by atoms with Crippen LogP contribution in [0.3, 0.4) is 0 Å². The van der Waals surface area contributed by atoms with Gasteiger partial charge in [0, 0.05) is 90.9 Å². The van der Waals surface area contributed by atoms with Crippen LogP contribution in [0.25, 0.3) is 67.9 Å². The summed E-state index contributed by atoms with van der Waals surface area (Å²) in [6.45, 7) is 2.21. The quantitative estimate of drug-likeness (QED) is 0.0749. The van der Waals surface area contributed by atoms with Gasteiger partial charge in [-0.3, -0.25) is 14.8 Å². The van der Waals surface area contributed by atoms with Crippen molar-refractivity contribution in [3.8, 4) is 45.8 Å². The number of Topliss-reactive ketones (excluding diaryl/α,β-unsaturated/α-hetero) is 1. The molecule has 16 nitrogen and oxygen atoms in total. The van der Waals surface area contributed by atoms with Crippen LogP contribution in [-0.4, -0.2) is 93.3 Å². The van der Waals surface area contributed by atoms with E-state index in [9.17, 15) is 14.7 Å². The van der Waals surface area contributed by atoms with Crippen LogP contribution < -0.4 is 5.73 Å². The number of nitrogens with zero attached hydrogens (tertiary/aromatic N) is 8. The molecular formula is C51H45Cl2N11O5. The number of methoxy groups -OCH3 is 2. The van der Waals surface area contributed by atoms with E-state index in [1.54, 1.807) is 93.9 Å². The molecule has 18 heteroatoms. The van der Waals surface area contributed by atoms with Gasteiger partial charge in [0.05, 0.1) is 53.2 Å². The minimum absolute atomic E-state index is 0.0349. The Kier molecular flexibility index (Phi) is 15.3. The molecule has 0 bridgehead atoms. The Hall–Kier alpha value is -8.02. The predicted molar refractivity (Wildman–Crippen MR) is 267 cm³/mol. The van der Waals surface area contributed by atoms with E-state index < -0.39 is 5.97 Å². The number of anilines is 1. The summed E-state index contributed by atoms with van der Waals surface area (Å²) < 4.78 is 14.6. The number of hydrogen-bond acceptors (Lipinski definition) is 11. The lowest BCUT2D eigenvalue weighted by atomic mass is 10.0. The number of fused-ring (bicyclic) bond motifs is 2.